The lowest BCUT2D eigenvalue weighted by molar-refractivity contribution is -0.139. The van der Waals surface area contributed by atoms with Gasteiger partial charge in [-0.3, -0.25) is 4.79 Å². The number of hydrogen-bond acceptors (Lipinski definition) is 4. The molecule has 0 aliphatic heterocycles. The molecule has 0 aliphatic rings. The van der Waals surface area contributed by atoms with Crippen LogP contribution in [0, 0.1) is 0 Å². The van der Waals surface area contributed by atoms with Crippen LogP contribution in [-0.2, 0) is 16.0 Å². The third-order valence-electron chi connectivity index (χ3n) is 3.07. The number of para-hydroxylation sites is 2. The maximum absolute atomic E-state index is 11.2. The Labute approximate surface area is 116 Å². The Morgan fingerprint density at radius 1 is 1.15 bits per heavy atom. The van der Waals surface area contributed by atoms with Crippen molar-refractivity contribution in [2.45, 2.75) is 6.42 Å². The van der Waals surface area contributed by atoms with E-state index in [-0.39, 0.29) is 12.4 Å². The van der Waals surface area contributed by atoms with Crippen molar-refractivity contribution in [2.75, 3.05) is 7.11 Å². The van der Waals surface area contributed by atoms with Crippen molar-refractivity contribution >= 4 is 17.1 Å². The Kier molecular flexibility index (Phi) is 3.21. The Morgan fingerprint density at radius 2 is 1.90 bits per heavy atom. The summed E-state index contributed by atoms with van der Waals surface area (Å²) in [7, 11) is 1.38. The van der Waals surface area contributed by atoms with Gasteiger partial charge in [-0.2, -0.15) is 0 Å². The van der Waals surface area contributed by atoms with Gasteiger partial charge in [-0.1, -0.05) is 24.3 Å². The number of nitrogens with zero attached hydrogens (tertiary/aromatic N) is 1. The highest BCUT2D eigenvalue weighted by Gasteiger charge is 2.08. The van der Waals surface area contributed by atoms with Crippen LogP contribution in [0.3, 0.4) is 0 Å². The zero-order chi connectivity index (χ0) is 13.9. The Morgan fingerprint density at radius 3 is 2.60 bits per heavy atom. The molecule has 100 valence electrons. The van der Waals surface area contributed by atoms with Gasteiger partial charge in [-0.05, 0) is 29.8 Å². The second-order valence-electron chi connectivity index (χ2n) is 4.44. The maximum atomic E-state index is 11.2. The average molecular weight is 267 g/mol. The minimum Gasteiger partial charge on any atom is -0.469 e. The van der Waals surface area contributed by atoms with E-state index in [1.54, 1.807) is 0 Å². The summed E-state index contributed by atoms with van der Waals surface area (Å²) >= 11 is 0. The molecule has 0 saturated heterocycles. The molecule has 4 nitrogen and oxygen atoms in total. The third kappa shape index (κ3) is 2.40. The molecule has 20 heavy (non-hydrogen) atoms. The number of oxazole rings is 1. The number of methoxy groups -OCH3 is 1. The highest BCUT2D eigenvalue weighted by Crippen LogP contribution is 2.24. The zero-order valence-electron chi connectivity index (χ0n) is 11.0. The molecular formula is C16H13NO3. The predicted molar refractivity (Wildman–Crippen MR) is 75.2 cm³/mol. The highest BCUT2D eigenvalue weighted by atomic mass is 16.5. The van der Waals surface area contributed by atoms with Crippen LogP contribution in [0.1, 0.15) is 5.56 Å². The van der Waals surface area contributed by atoms with Crippen molar-refractivity contribution in [3.63, 3.8) is 0 Å². The second-order valence-corrected chi connectivity index (χ2v) is 4.44. The highest BCUT2D eigenvalue weighted by molar-refractivity contribution is 5.76. The van der Waals surface area contributed by atoms with Gasteiger partial charge >= 0.3 is 5.97 Å². The number of carbonyl (C=O) groups excluding carboxylic acids is 1. The number of ether oxygens (including phenoxy) is 1. The summed E-state index contributed by atoms with van der Waals surface area (Å²) in [6.45, 7) is 0. The van der Waals surface area contributed by atoms with E-state index in [4.69, 9.17) is 4.42 Å². The van der Waals surface area contributed by atoms with E-state index in [1.165, 1.54) is 7.11 Å². The maximum Gasteiger partial charge on any atom is 0.309 e. The van der Waals surface area contributed by atoms with Gasteiger partial charge in [0.15, 0.2) is 5.58 Å². The number of aromatic nitrogens is 1. The van der Waals surface area contributed by atoms with E-state index >= 15 is 0 Å². The molecule has 0 saturated carbocycles. The van der Waals surface area contributed by atoms with Crippen molar-refractivity contribution in [1.82, 2.24) is 4.98 Å². The minimum absolute atomic E-state index is 0.250. The number of fused-ring (bicyclic) bond motifs is 1. The van der Waals surface area contributed by atoms with Crippen LogP contribution < -0.4 is 0 Å². The molecule has 0 spiro atoms. The van der Waals surface area contributed by atoms with Gasteiger partial charge < -0.3 is 9.15 Å². The summed E-state index contributed by atoms with van der Waals surface area (Å²) in [6.07, 6.45) is 0.268. The Bertz CT molecular complexity index is 711. The van der Waals surface area contributed by atoms with Crippen molar-refractivity contribution < 1.29 is 13.9 Å². The predicted octanol–water partition coefficient (Wildman–Crippen LogP) is 3.21. The molecule has 0 bridgehead atoms. The first-order chi connectivity index (χ1) is 9.76. The fourth-order valence-corrected chi connectivity index (χ4v) is 2.00. The van der Waals surface area contributed by atoms with Crippen LogP contribution in [0.4, 0.5) is 0 Å². The smallest absolute Gasteiger partial charge is 0.309 e. The first-order valence-corrected chi connectivity index (χ1v) is 6.28. The van der Waals surface area contributed by atoms with E-state index in [9.17, 15) is 4.79 Å². The molecule has 1 aromatic heterocycles. The average Bonchev–Trinajstić information content (AvgIpc) is 2.91. The summed E-state index contributed by atoms with van der Waals surface area (Å²) in [6, 6.07) is 15.2. The summed E-state index contributed by atoms with van der Waals surface area (Å²) < 4.78 is 10.3. The first-order valence-electron chi connectivity index (χ1n) is 6.28. The molecule has 3 aromatic rings. The Hall–Kier alpha value is -2.62. The number of hydrogen-bond donors (Lipinski definition) is 0. The second kappa shape index (κ2) is 5.17. The molecule has 0 N–H and O–H groups in total. The lowest BCUT2D eigenvalue weighted by Crippen LogP contribution is -2.04. The van der Waals surface area contributed by atoms with Gasteiger partial charge in [0, 0.05) is 5.56 Å². The standard InChI is InChI=1S/C16H13NO3/c1-19-15(18)10-11-6-8-12(9-7-11)16-17-13-4-2-3-5-14(13)20-16/h2-9H,10H2,1H3. The van der Waals surface area contributed by atoms with Gasteiger partial charge in [0.05, 0.1) is 13.5 Å². The molecule has 1 heterocycles. The van der Waals surface area contributed by atoms with E-state index in [0.29, 0.717) is 5.89 Å². The molecule has 2 aromatic carbocycles. The summed E-state index contributed by atoms with van der Waals surface area (Å²) in [5.74, 6) is 0.329. The van der Waals surface area contributed by atoms with Crippen LogP contribution in [0.5, 0.6) is 0 Å². The lowest BCUT2D eigenvalue weighted by Gasteiger charge is -2.00. The molecule has 0 atom stereocenters. The number of rotatable bonds is 3. The monoisotopic (exact) mass is 267 g/mol. The zero-order valence-corrected chi connectivity index (χ0v) is 11.0. The normalized spacial score (nSPS) is 10.7. The van der Waals surface area contributed by atoms with E-state index < -0.39 is 0 Å². The van der Waals surface area contributed by atoms with Crippen LogP contribution in [0.15, 0.2) is 52.9 Å². The topological polar surface area (TPSA) is 52.3 Å². The molecule has 0 fully saturated rings. The Balaban J connectivity index is 1.88. The molecule has 3 rings (SSSR count). The largest absolute Gasteiger partial charge is 0.469 e. The van der Waals surface area contributed by atoms with E-state index in [0.717, 1.165) is 22.2 Å². The third-order valence-corrected chi connectivity index (χ3v) is 3.07. The molecule has 0 unspecified atom stereocenters. The quantitative estimate of drug-likeness (QED) is 0.684. The SMILES string of the molecule is COC(=O)Cc1ccc(-c2nc3ccccc3o2)cc1. The summed E-state index contributed by atoms with van der Waals surface area (Å²) in [5.41, 5.74) is 3.38. The van der Waals surface area contributed by atoms with Gasteiger partial charge in [0.25, 0.3) is 0 Å². The van der Waals surface area contributed by atoms with Crippen LogP contribution in [0.25, 0.3) is 22.6 Å². The van der Waals surface area contributed by atoms with Crippen molar-refractivity contribution in [3.05, 3.63) is 54.1 Å². The van der Waals surface area contributed by atoms with Crippen LogP contribution in [-0.4, -0.2) is 18.1 Å². The van der Waals surface area contributed by atoms with Gasteiger partial charge in [-0.25, -0.2) is 4.98 Å². The fraction of sp³-hybridized carbons (Fsp3) is 0.125. The lowest BCUT2D eigenvalue weighted by atomic mass is 10.1. The number of esters is 1. The number of carbonyl (C=O) groups is 1. The van der Waals surface area contributed by atoms with Crippen molar-refractivity contribution in [1.29, 1.82) is 0 Å². The molecular weight excluding hydrogens is 254 g/mol. The van der Waals surface area contributed by atoms with Crippen molar-refractivity contribution in [3.8, 4) is 11.5 Å². The van der Waals surface area contributed by atoms with Crippen molar-refractivity contribution in [2.24, 2.45) is 0 Å². The minimum atomic E-state index is -0.250. The van der Waals surface area contributed by atoms with Gasteiger partial charge in [0.2, 0.25) is 5.89 Å². The van der Waals surface area contributed by atoms with Crippen LogP contribution >= 0.6 is 0 Å². The number of benzene rings is 2. The van der Waals surface area contributed by atoms with E-state index in [2.05, 4.69) is 9.72 Å². The fourth-order valence-electron chi connectivity index (χ4n) is 2.00. The molecule has 0 aliphatic carbocycles. The van der Waals surface area contributed by atoms with Gasteiger partial charge in [-0.15, -0.1) is 0 Å². The first kappa shape index (κ1) is 12.4. The molecule has 4 heteroatoms. The molecule has 0 amide bonds. The van der Waals surface area contributed by atoms with Crippen LogP contribution in [0.2, 0.25) is 0 Å². The molecule has 0 radical (unpaired) electrons. The van der Waals surface area contributed by atoms with E-state index in [1.807, 2.05) is 48.5 Å². The van der Waals surface area contributed by atoms with Gasteiger partial charge in [0.1, 0.15) is 5.52 Å². The summed E-state index contributed by atoms with van der Waals surface area (Å²) in [5, 5.41) is 0. The summed E-state index contributed by atoms with van der Waals surface area (Å²) in [4.78, 5) is 15.6.